The Labute approximate surface area is 192 Å². The molecule has 0 aromatic heterocycles. The van der Waals surface area contributed by atoms with Gasteiger partial charge in [0, 0.05) is 0 Å². The number of esters is 1. The minimum absolute atomic E-state index is 0.271. The molecule has 1 aliphatic heterocycles. The molecule has 2 aromatic carbocycles. The topological polar surface area (TPSA) is 85.9 Å². The molecule has 0 aliphatic carbocycles. The van der Waals surface area contributed by atoms with E-state index in [0.29, 0.717) is 46.6 Å². The lowest BCUT2D eigenvalue weighted by molar-refractivity contribution is -0.143. The highest BCUT2D eigenvalue weighted by molar-refractivity contribution is 6.32. The van der Waals surface area contributed by atoms with Crippen LogP contribution in [0.4, 0.5) is 4.79 Å². The van der Waals surface area contributed by atoms with E-state index in [-0.39, 0.29) is 11.7 Å². The lowest BCUT2D eigenvalue weighted by Gasteiger charge is -2.30. The van der Waals surface area contributed by atoms with Gasteiger partial charge in [0.05, 0.1) is 41.7 Å². The van der Waals surface area contributed by atoms with Crippen molar-refractivity contribution >= 4 is 29.3 Å². The van der Waals surface area contributed by atoms with Crippen LogP contribution in [-0.4, -0.2) is 31.3 Å². The molecule has 1 aliphatic rings. The number of ether oxygens (including phenoxy) is 3. The molecule has 3 rings (SSSR count). The van der Waals surface area contributed by atoms with Crippen LogP contribution in [0, 0.1) is 0 Å². The predicted octanol–water partition coefficient (Wildman–Crippen LogP) is 4.85. The number of urea groups is 1. The van der Waals surface area contributed by atoms with Crippen molar-refractivity contribution in [2.24, 2.45) is 0 Å². The van der Waals surface area contributed by atoms with Crippen molar-refractivity contribution in [3.05, 3.63) is 64.2 Å². The van der Waals surface area contributed by atoms with E-state index in [1.54, 1.807) is 26.0 Å². The smallest absolute Gasteiger partial charge is 0.338 e. The predicted molar refractivity (Wildman–Crippen MR) is 123 cm³/mol. The van der Waals surface area contributed by atoms with Gasteiger partial charge in [-0.3, -0.25) is 0 Å². The first kappa shape index (κ1) is 23.5. The van der Waals surface area contributed by atoms with Crippen LogP contribution in [0.2, 0.25) is 5.02 Å². The lowest BCUT2D eigenvalue weighted by Crippen LogP contribution is -2.45. The quantitative estimate of drug-likeness (QED) is 0.552. The molecular formula is C24H27ClN2O5. The molecule has 1 unspecified atom stereocenters. The maximum Gasteiger partial charge on any atom is 0.338 e. The van der Waals surface area contributed by atoms with Gasteiger partial charge in [0.25, 0.3) is 0 Å². The third-order valence-corrected chi connectivity index (χ3v) is 4.93. The molecule has 1 atom stereocenters. The molecule has 7 nitrogen and oxygen atoms in total. The van der Waals surface area contributed by atoms with E-state index in [1.165, 1.54) is 0 Å². The van der Waals surface area contributed by atoms with E-state index in [0.717, 1.165) is 0 Å². The van der Waals surface area contributed by atoms with Crippen LogP contribution >= 0.6 is 11.6 Å². The van der Waals surface area contributed by atoms with Crippen molar-refractivity contribution in [2.45, 2.75) is 39.8 Å². The Morgan fingerprint density at radius 3 is 2.41 bits per heavy atom. The van der Waals surface area contributed by atoms with Gasteiger partial charge < -0.3 is 24.8 Å². The zero-order chi connectivity index (χ0) is 23.3. The Kier molecular flexibility index (Phi) is 7.64. The molecule has 0 saturated carbocycles. The second kappa shape index (κ2) is 10.4. The van der Waals surface area contributed by atoms with Crippen LogP contribution in [0.15, 0.2) is 48.0 Å². The van der Waals surface area contributed by atoms with Gasteiger partial charge in [0.1, 0.15) is 0 Å². The standard InChI is InChI=1S/C24H27ClN2O5/c1-5-30-18-13-16(12-17(25)22(18)31-6-2)21-19(23(28)32-14(3)4)20(26-24(29)27-21)15-10-8-7-9-11-15/h7-14,21H,5-6H2,1-4H3,(H2,26,27,29). The van der Waals surface area contributed by atoms with Crippen molar-refractivity contribution in [1.82, 2.24) is 10.6 Å². The maximum atomic E-state index is 13.2. The Morgan fingerprint density at radius 1 is 1.09 bits per heavy atom. The summed E-state index contributed by atoms with van der Waals surface area (Å²) in [6, 6.07) is 11.3. The summed E-state index contributed by atoms with van der Waals surface area (Å²) in [5.41, 5.74) is 1.91. The largest absolute Gasteiger partial charge is 0.490 e. The average molecular weight is 459 g/mol. The highest BCUT2D eigenvalue weighted by atomic mass is 35.5. The number of amides is 2. The number of carbonyl (C=O) groups is 2. The van der Waals surface area contributed by atoms with E-state index in [4.69, 9.17) is 25.8 Å². The highest BCUT2D eigenvalue weighted by Gasteiger charge is 2.35. The zero-order valence-electron chi connectivity index (χ0n) is 18.5. The molecule has 8 heteroatoms. The summed E-state index contributed by atoms with van der Waals surface area (Å²) in [5.74, 6) is 0.306. The Bertz CT molecular complexity index is 1020. The Morgan fingerprint density at radius 2 is 1.78 bits per heavy atom. The third kappa shape index (κ3) is 5.16. The van der Waals surface area contributed by atoms with Gasteiger partial charge in [-0.1, -0.05) is 41.9 Å². The summed E-state index contributed by atoms with van der Waals surface area (Å²) < 4.78 is 16.9. The van der Waals surface area contributed by atoms with Crippen LogP contribution in [0.1, 0.15) is 44.9 Å². The van der Waals surface area contributed by atoms with E-state index in [1.807, 2.05) is 44.2 Å². The minimum Gasteiger partial charge on any atom is -0.490 e. The zero-order valence-corrected chi connectivity index (χ0v) is 19.3. The van der Waals surface area contributed by atoms with E-state index < -0.39 is 18.0 Å². The summed E-state index contributed by atoms with van der Waals surface area (Å²) in [6.45, 7) is 8.04. The van der Waals surface area contributed by atoms with Gasteiger partial charge in [-0.25, -0.2) is 9.59 Å². The highest BCUT2D eigenvalue weighted by Crippen LogP contribution is 2.41. The molecule has 2 N–H and O–H groups in total. The number of rotatable bonds is 8. The molecule has 0 spiro atoms. The van der Waals surface area contributed by atoms with Gasteiger partial charge in [0.2, 0.25) is 0 Å². The number of hydrogen-bond acceptors (Lipinski definition) is 5. The van der Waals surface area contributed by atoms with Gasteiger partial charge >= 0.3 is 12.0 Å². The van der Waals surface area contributed by atoms with E-state index in [2.05, 4.69) is 10.6 Å². The van der Waals surface area contributed by atoms with Crippen molar-refractivity contribution in [1.29, 1.82) is 0 Å². The van der Waals surface area contributed by atoms with Crippen LogP contribution in [-0.2, 0) is 9.53 Å². The summed E-state index contributed by atoms with van der Waals surface area (Å²) in [7, 11) is 0. The molecule has 170 valence electrons. The Balaban J connectivity index is 2.20. The molecular weight excluding hydrogens is 432 g/mol. The van der Waals surface area contributed by atoms with Crippen LogP contribution < -0.4 is 20.1 Å². The summed E-state index contributed by atoms with van der Waals surface area (Å²) in [4.78, 5) is 25.8. The van der Waals surface area contributed by atoms with Crippen molar-refractivity contribution in [3.63, 3.8) is 0 Å². The summed E-state index contributed by atoms with van der Waals surface area (Å²) in [6.07, 6.45) is -0.340. The van der Waals surface area contributed by atoms with Gasteiger partial charge in [-0.05, 0) is 51.0 Å². The second-order valence-corrected chi connectivity index (χ2v) is 7.74. The monoisotopic (exact) mass is 458 g/mol. The number of benzene rings is 2. The van der Waals surface area contributed by atoms with Gasteiger partial charge in [0.15, 0.2) is 11.5 Å². The summed E-state index contributed by atoms with van der Waals surface area (Å²) in [5, 5.41) is 5.90. The molecule has 32 heavy (non-hydrogen) atoms. The molecule has 0 fully saturated rings. The van der Waals surface area contributed by atoms with E-state index >= 15 is 0 Å². The molecule has 2 aromatic rings. The van der Waals surface area contributed by atoms with Crippen LogP contribution in [0.3, 0.4) is 0 Å². The lowest BCUT2D eigenvalue weighted by atomic mass is 9.92. The SMILES string of the molecule is CCOc1cc(C2NC(=O)NC(c3ccccc3)=C2C(=O)OC(C)C)cc(Cl)c1OCC. The molecule has 0 saturated heterocycles. The number of hydrogen-bond donors (Lipinski definition) is 2. The second-order valence-electron chi connectivity index (χ2n) is 7.34. The third-order valence-electron chi connectivity index (χ3n) is 4.65. The normalized spacial score (nSPS) is 15.8. The first-order chi connectivity index (χ1) is 15.3. The van der Waals surface area contributed by atoms with E-state index in [9.17, 15) is 9.59 Å². The summed E-state index contributed by atoms with van der Waals surface area (Å²) >= 11 is 6.50. The molecule has 2 amide bonds. The van der Waals surface area contributed by atoms with Crippen LogP contribution in [0.5, 0.6) is 11.5 Å². The number of carbonyl (C=O) groups excluding carboxylic acids is 2. The van der Waals surface area contributed by atoms with Crippen molar-refractivity contribution < 1.29 is 23.8 Å². The van der Waals surface area contributed by atoms with Crippen molar-refractivity contribution in [2.75, 3.05) is 13.2 Å². The van der Waals surface area contributed by atoms with Crippen LogP contribution in [0.25, 0.3) is 5.70 Å². The molecule has 0 bridgehead atoms. The maximum absolute atomic E-state index is 13.2. The minimum atomic E-state index is -0.808. The average Bonchev–Trinajstić information content (AvgIpc) is 2.75. The fraction of sp³-hybridized carbons (Fsp3) is 0.333. The molecule has 0 radical (unpaired) electrons. The fourth-order valence-corrected chi connectivity index (χ4v) is 3.72. The first-order valence-corrected chi connectivity index (χ1v) is 10.9. The van der Waals surface area contributed by atoms with Gasteiger partial charge in [-0.15, -0.1) is 0 Å². The molecule has 1 heterocycles. The number of nitrogens with one attached hydrogen (secondary N) is 2. The van der Waals surface area contributed by atoms with Gasteiger partial charge in [-0.2, -0.15) is 0 Å². The number of halogens is 1. The first-order valence-electron chi connectivity index (χ1n) is 10.5. The van der Waals surface area contributed by atoms with Crippen molar-refractivity contribution in [3.8, 4) is 11.5 Å². The fourth-order valence-electron chi connectivity index (χ4n) is 3.45. The Hall–Kier alpha value is -3.19.